The van der Waals surface area contributed by atoms with Gasteiger partial charge in [0.25, 0.3) is 0 Å². The minimum Gasteiger partial charge on any atom is -0.497 e. The molecule has 6 heteroatoms. The van der Waals surface area contributed by atoms with Crippen molar-refractivity contribution in [3.05, 3.63) is 48.0 Å². The lowest BCUT2D eigenvalue weighted by Crippen LogP contribution is -2.21. The lowest BCUT2D eigenvalue weighted by Gasteiger charge is -2.12. The molecule has 2 rings (SSSR count). The number of hydrogen-bond donors (Lipinski definition) is 2. The van der Waals surface area contributed by atoms with Crippen molar-refractivity contribution in [1.29, 1.82) is 0 Å². The van der Waals surface area contributed by atoms with Crippen molar-refractivity contribution in [1.82, 2.24) is 0 Å². The van der Waals surface area contributed by atoms with Crippen LogP contribution in [-0.4, -0.2) is 26.0 Å². The van der Waals surface area contributed by atoms with Crippen LogP contribution in [-0.2, 0) is 16.0 Å². The molecule has 0 saturated carbocycles. The number of anilines is 2. The fourth-order valence-corrected chi connectivity index (χ4v) is 2.28. The Kier molecular flexibility index (Phi) is 6.39. The van der Waals surface area contributed by atoms with Crippen LogP contribution in [0.25, 0.3) is 0 Å². The van der Waals surface area contributed by atoms with Gasteiger partial charge in [0.1, 0.15) is 17.9 Å². The second-order valence-electron chi connectivity index (χ2n) is 5.39. The first-order valence-electron chi connectivity index (χ1n) is 7.96. The summed E-state index contributed by atoms with van der Waals surface area (Å²) in [5, 5.41) is 5.37. The maximum Gasteiger partial charge on any atom is 0.233 e. The molecule has 0 aliphatic rings. The molecule has 0 aliphatic carbocycles. The lowest BCUT2D eigenvalue weighted by molar-refractivity contribution is -0.123. The molecule has 0 saturated heterocycles. The van der Waals surface area contributed by atoms with Crippen molar-refractivity contribution in [2.24, 2.45) is 0 Å². The molecule has 0 radical (unpaired) electrons. The summed E-state index contributed by atoms with van der Waals surface area (Å²) in [6.45, 7) is 2.06. The fraction of sp³-hybridized carbons (Fsp3) is 0.263. The molecule has 0 spiro atoms. The number of methoxy groups -OCH3 is 2. The maximum atomic E-state index is 12.1. The number of rotatable bonds is 7. The summed E-state index contributed by atoms with van der Waals surface area (Å²) >= 11 is 0. The maximum absolute atomic E-state index is 12.1. The number of nitrogens with one attached hydrogen (secondary N) is 2. The average Bonchev–Trinajstić information content (AvgIpc) is 2.62. The van der Waals surface area contributed by atoms with E-state index in [4.69, 9.17) is 9.47 Å². The minimum atomic E-state index is -0.436. The summed E-state index contributed by atoms with van der Waals surface area (Å²) in [4.78, 5) is 24.1. The van der Waals surface area contributed by atoms with Crippen LogP contribution >= 0.6 is 0 Å². The highest BCUT2D eigenvalue weighted by Gasteiger charge is 2.13. The normalized spacial score (nSPS) is 10.0. The van der Waals surface area contributed by atoms with Gasteiger partial charge < -0.3 is 20.1 Å². The Morgan fingerprint density at radius 1 is 0.920 bits per heavy atom. The number of ether oxygens (including phenoxy) is 2. The lowest BCUT2D eigenvalue weighted by atomic mass is 10.1. The zero-order valence-corrected chi connectivity index (χ0v) is 14.6. The first-order valence-corrected chi connectivity index (χ1v) is 7.96. The van der Waals surface area contributed by atoms with Gasteiger partial charge in [0.15, 0.2) is 0 Å². The minimum absolute atomic E-state index is 0.296. The van der Waals surface area contributed by atoms with E-state index in [0.29, 0.717) is 22.9 Å². The van der Waals surface area contributed by atoms with Crippen LogP contribution in [0.15, 0.2) is 42.5 Å². The van der Waals surface area contributed by atoms with Gasteiger partial charge in [-0.05, 0) is 36.2 Å². The quantitative estimate of drug-likeness (QED) is 0.758. The van der Waals surface area contributed by atoms with Crippen LogP contribution < -0.4 is 20.1 Å². The van der Waals surface area contributed by atoms with E-state index in [1.165, 1.54) is 19.8 Å². The van der Waals surface area contributed by atoms with E-state index in [9.17, 15) is 9.59 Å². The van der Waals surface area contributed by atoms with E-state index in [1.807, 2.05) is 24.3 Å². The topological polar surface area (TPSA) is 76.7 Å². The summed E-state index contributed by atoms with van der Waals surface area (Å²) in [5.74, 6) is 0.249. The van der Waals surface area contributed by atoms with E-state index in [0.717, 1.165) is 6.42 Å². The number of aryl methyl sites for hydroxylation is 1. The van der Waals surface area contributed by atoms with Crippen LogP contribution in [0.4, 0.5) is 11.4 Å². The summed E-state index contributed by atoms with van der Waals surface area (Å²) in [6.07, 6.45) is 0.634. The van der Waals surface area contributed by atoms with E-state index in [-0.39, 0.29) is 12.3 Å². The van der Waals surface area contributed by atoms with Crippen molar-refractivity contribution < 1.29 is 19.1 Å². The largest absolute Gasteiger partial charge is 0.497 e. The fourth-order valence-electron chi connectivity index (χ4n) is 2.28. The Balaban J connectivity index is 1.96. The van der Waals surface area contributed by atoms with E-state index >= 15 is 0 Å². The first kappa shape index (κ1) is 18.3. The van der Waals surface area contributed by atoms with E-state index in [1.54, 1.807) is 18.2 Å². The third-order valence-electron chi connectivity index (χ3n) is 3.65. The molecular weight excluding hydrogens is 320 g/mol. The van der Waals surface area contributed by atoms with Gasteiger partial charge in [-0.3, -0.25) is 9.59 Å². The van der Waals surface area contributed by atoms with Crippen LogP contribution in [0.3, 0.4) is 0 Å². The molecule has 0 unspecified atom stereocenters. The Morgan fingerprint density at radius 2 is 1.60 bits per heavy atom. The number of amides is 2. The van der Waals surface area contributed by atoms with Gasteiger partial charge in [0.2, 0.25) is 11.8 Å². The third kappa shape index (κ3) is 5.24. The van der Waals surface area contributed by atoms with Crippen LogP contribution in [0.5, 0.6) is 11.5 Å². The zero-order chi connectivity index (χ0) is 18.2. The highest BCUT2D eigenvalue weighted by molar-refractivity contribution is 6.08. The molecule has 6 nitrogen and oxygen atoms in total. The van der Waals surface area contributed by atoms with Crippen molar-refractivity contribution in [2.45, 2.75) is 19.8 Å². The Bertz CT molecular complexity index is 742. The van der Waals surface area contributed by atoms with Crippen molar-refractivity contribution in [3.8, 4) is 11.5 Å². The molecule has 132 valence electrons. The molecule has 2 amide bonds. The summed E-state index contributed by atoms with van der Waals surface area (Å²) in [7, 11) is 3.04. The molecule has 2 aromatic rings. The Labute approximate surface area is 147 Å². The second-order valence-corrected chi connectivity index (χ2v) is 5.39. The Hall–Kier alpha value is -3.02. The molecule has 0 heterocycles. The number of carbonyl (C=O) groups excluding carboxylic acids is 2. The molecule has 0 atom stereocenters. The first-order chi connectivity index (χ1) is 12.0. The molecule has 25 heavy (non-hydrogen) atoms. The number of carbonyl (C=O) groups is 2. The zero-order valence-electron chi connectivity index (χ0n) is 14.6. The molecule has 2 N–H and O–H groups in total. The Morgan fingerprint density at radius 3 is 2.20 bits per heavy atom. The predicted molar refractivity (Wildman–Crippen MR) is 97.2 cm³/mol. The van der Waals surface area contributed by atoms with Crippen LogP contribution in [0, 0.1) is 0 Å². The average molecular weight is 342 g/mol. The third-order valence-corrected chi connectivity index (χ3v) is 3.65. The van der Waals surface area contributed by atoms with Gasteiger partial charge in [-0.1, -0.05) is 19.1 Å². The SMILES string of the molecule is CCc1ccc(NC(=O)CC(=O)Nc2cc(OC)ccc2OC)cc1. The summed E-state index contributed by atoms with van der Waals surface area (Å²) < 4.78 is 10.3. The standard InChI is InChI=1S/C19H22N2O4/c1-4-13-5-7-14(8-6-13)20-18(22)12-19(23)21-16-11-15(24-2)9-10-17(16)25-3/h5-11H,4,12H2,1-3H3,(H,20,22)(H,21,23). The van der Waals surface area contributed by atoms with Crippen LogP contribution in [0.1, 0.15) is 18.9 Å². The van der Waals surface area contributed by atoms with E-state index < -0.39 is 5.91 Å². The molecular formula is C19H22N2O4. The van der Waals surface area contributed by atoms with Crippen molar-refractivity contribution in [2.75, 3.05) is 24.9 Å². The van der Waals surface area contributed by atoms with Gasteiger partial charge in [0, 0.05) is 11.8 Å². The second kappa shape index (κ2) is 8.73. The van der Waals surface area contributed by atoms with Gasteiger partial charge >= 0.3 is 0 Å². The predicted octanol–water partition coefficient (Wildman–Crippen LogP) is 3.23. The number of benzene rings is 2. The highest BCUT2D eigenvalue weighted by Crippen LogP contribution is 2.28. The van der Waals surface area contributed by atoms with Gasteiger partial charge in [-0.15, -0.1) is 0 Å². The van der Waals surface area contributed by atoms with Gasteiger partial charge in [0.05, 0.1) is 19.9 Å². The molecule has 0 aliphatic heterocycles. The summed E-state index contributed by atoms with van der Waals surface area (Å²) in [6, 6.07) is 12.6. The molecule has 0 bridgehead atoms. The van der Waals surface area contributed by atoms with Crippen molar-refractivity contribution in [3.63, 3.8) is 0 Å². The van der Waals surface area contributed by atoms with Gasteiger partial charge in [-0.25, -0.2) is 0 Å². The number of hydrogen-bond acceptors (Lipinski definition) is 4. The van der Waals surface area contributed by atoms with Crippen LogP contribution in [0.2, 0.25) is 0 Å². The molecule has 2 aromatic carbocycles. The summed E-state index contributed by atoms with van der Waals surface area (Å²) in [5.41, 5.74) is 2.29. The molecule has 0 fully saturated rings. The smallest absolute Gasteiger partial charge is 0.233 e. The monoisotopic (exact) mass is 342 g/mol. The van der Waals surface area contributed by atoms with Crippen molar-refractivity contribution >= 4 is 23.2 Å². The molecule has 0 aromatic heterocycles. The van der Waals surface area contributed by atoms with E-state index in [2.05, 4.69) is 17.6 Å². The highest BCUT2D eigenvalue weighted by atomic mass is 16.5. The van der Waals surface area contributed by atoms with Gasteiger partial charge in [-0.2, -0.15) is 0 Å².